The molecule has 0 aliphatic carbocycles. The number of phenolic OH excluding ortho intramolecular Hbond substituents is 1. The van der Waals surface area contributed by atoms with Crippen molar-refractivity contribution in [2.24, 2.45) is 0 Å². The Kier molecular flexibility index (Phi) is 7.08. The third kappa shape index (κ3) is 5.25. The maximum Gasteiger partial charge on any atom is 0.253 e. The number of carbonyl (C=O) groups is 2. The second kappa shape index (κ2) is 10.3. The van der Waals surface area contributed by atoms with Crippen molar-refractivity contribution < 1.29 is 14.7 Å². The van der Waals surface area contributed by atoms with Gasteiger partial charge in [0.25, 0.3) is 5.91 Å². The van der Waals surface area contributed by atoms with Gasteiger partial charge in [0.1, 0.15) is 5.75 Å². The summed E-state index contributed by atoms with van der Waals surface area (Å²) >= 11 is 0. The fourth-order valence-corrected chi connectivity index (χ4v) is 4.59. The Morgan fingerprint density at radius 2 is 1.45 bits per heavy atom. The number of aryl methyl sites for hydroxylation is 1. The first-order valence-electron chi connectivity index (χ1n) is 11.5. The number of rotatable bonds is 7. The fourth-order valence-electron chi connectivity index (χ4n) is 4.59. The third-order valence-electron chi connectivity index (χ3n) is 6.55. The number of nitrogens with zero attached hydrogens (tertiary/aromatic N) is 1. The van der Waals surface area contributed by atoms with Gasteiger partial charge in [0.2, 0.25) is 5.91 Å². The van der Waals surface area contributed by atoms with E-state index in [0.29, 0.717) is 38.0 Å². The highest BCUT2D eigenvalue weighted by atomic mass is 16.3. The number of amides is 2. The number of hydrogen-bond donors (Lipinski definition) is 2. The molecule has 3 aromatic rings. The van der Waals surface area contributed by atoms with E-state index in [1.54, 1.807) is 17.0 Å². The monoisotopic (exact) mass is 442 g/mol. The quantitative estimate of drug-likeness (QED) is 0.536. The largest absolute Gasteiger partial charge is 0.508 e. The van der Waals surface area contributed by atoms with Crippen molar-refractivity contribution >= 4 is 11.8 Å². The molecular weight excluding hydrogens is 412 g/mol. The van der Waals surface area contributed by atoms with Gasteiger partial charge in [-0.2, -0.15) is 0 Å². The molecule has 0 bridgehead atoms. The molecule has 0 spiro atoms. The van der Waals surface area contributed by atoms with E-state index in [1.807, 2.05) is 48.5 Å². The molecule has 33 heavy (non-hydrogen) atoms. The van der Waals surface area contributed by atoms with Crippen LogP contribution in [0.25, 0.3) is 0 Å². The molecule has 0 saturated carbocycles. The molecule has 1 aliphatic rings. The predicted molar refractivity (Wildman–Crippen MR) is 129 cm³/mol. The van der Waals surface area contributed by atoms with Crippen LogP contribution in [-0.4, -0.2) is 41.5 Å². The Bertz CT molecular complexity index is 1060. The summed E-state index contributed by atoms with van der Waals surface area (Å²) < 4.78 is 0. The van der Waals surface area contributed by atoms with Crippen molar-refractivity contribution in [3.8, 4) is 5.75 Å². The molecule has 5 heteroatoms. The zero-order valence-corrected chi connectivity index (χ0v) is 18.7. The van der Waals surface area contributed by atoms with Crippen molar-refractivity contribution in [2.75, 3.05) is 19.6 Å². The summed E-state index contributed by atoms with van der Waals surface area (Å²) in [5, 5.41) is 12.7. The lowest BCUT2D eigenvalue weighted by Crippen LogP contribution is -2.53. The first-order valence-corrected chi connectivity index (χ1v) is 11.5. The Morgan fingerprint density at radius 3 is 2.09 bits per heavy atom. The van der Waals surface area contributed by atoms with Gasteiger partial charge in [-0.1, -0.05) is 60.7 Å². The molecule has 1 aliphatic heterocycles. The van der Waals surface area contributed by atoms with Crippen molar-refractivity contribution in [3.63, 3.8) is 0 Å². The van der Waals surface area contributed by atoms with Gasteiger partial charge in [-0.05, 0) is 61.1 Å². The maximum atomic E-state index is 13.5. The second-order valence-corrected chi connectivity index (χ2v) is 8.63. The Balaban J connectivity index is 1.42. The molecule has 2 N–H and O–H groups in total. The average Bonchev–Trinajstić information content (AvgIpc) is 2.88. The number of likely N-dealkylation sites (tertiary alicyclic amines) is 1. The summed E-state index contributed by atoms with van der Waals surface area (Å²) in [4.78, 5) is 28.2. The molecule has 0 atom stereocenters. The van der Waals surface area contributed by atoms with Crippen LogP contribution in [0.5, 0.6) is 5.75 Å². The van der Waals surface area contributed by atoms with Gasteiger partial charge < -0.3 is 15.3 Å². The van der Waals surface area contributed by atoms with Gasteiger partial charge in [0.05, 0.1) is 5.41 Å². The van der Waals surface area contributed by atoms with E-state index in [0.717, 1.165) is 18.4 Å². The van der Waals surface area contributed by atoms with Crippen LogP contribution in [0, 0.1) is 0 Å². The third-order valence-corrected chi connectivity index (χ3v) is 6.55. The van der Waals surface area contributed by atoms with E-state index in [4.69, 9.17) is 0 Å². The van der Waals surface area contributed by atoms with Crippen molar-refractivity contribution in [2.45, 2.75) is 31.1 Å². The number of nitrogens with one attached hydrogen (secondary N) is 1. The van der Waals surface area contributed by atoms with Crippen LogP contribution < -0.4 is 5.32 Å². The number of piperidine rings is 1. The van der Waals surface area contributed by atoms with E-state index in [-0.39, 0.29) is 17.6 Å². The normalized spacial score (nSPS) is 15.1. The molecule has 0 aromatic heterocycles. The van der Waals surface area contributed by atoms with Gasteiger partial charge in [0, 0.05) is 25.2 Å². The van der Waals surface area contributed by atoms with Gasteiger partial charge in [-0.25, -0.2) is 0 Å². The van der Waals surface area contributed by atoms with Crippen LogP contribution in [0.2, 0.25) is 0 Å². The van der Waals surface area contributed by atoms with Crippen molar-refractivity contribution in [3.05, 3.63) is 102 Å². The Labute approximate surface area is 195 Å². The lowest BCUT2D eigenvalue weighted by Gasteiger charge is -2.41. The molecule has 3 aromatic carbocycles. The van der Waals surface area contributed by atoms with E-state index < -0.39 is 5.41 Å². The SMILES string of the molecule is O=C(c1ccc(O)cc1)N1CCC(C(=O)NCCCc2ccccc2)(c2ccccc2)CC1. The van der Waals surface area contributed by atoms with E-state index in [9.17, 15) is 14.7 Å². The lowest BCUT2D eigenvalue weighted by atomic mass is 9.72. The minimum Gasteiger partial charge on any atom is -0.508 e. The van der Waals surface area contributed by atoms with Crippen LogP contribution in [0.4, 0.5) is 0 Å². The number of hydrogen-bond acceptors (Lipinski definition) is 3. The summed E-state index contributed by atoms with van der Waals surface area (Å²) in [6.45, 7) is 1.64. The topological polar surface area (TPSA) is 69.6 Å². The number of benzene rings is 3. The fraction of sp³-hybridized carbons (Fsp3) is 0.286. The minimum absolute atomic E-state index is 0.0403. The van der Waals surface area contributed by atoms with Crippen molar-refractivity contribution in [1.29, 1.82) is 0 Å². The van der Waals surface area contributed by atoms with Gasteiger partial charge in [-0.15, -0.1) is 0 Å². The highest BCUT2D eigenvalue weighted by molar-refractivity contribution is 5.95. The van der Waals surface area contributed by atoms with E-state index >= 15 is 0 Å². The summed E-state index contributed by atoms with van der Waals surface area (Å²) in [6, 6.07) is 26.5. The molecule has 170 valence electrons. The summed E-state index contributed by atoms with van der Waals surface area (Å²) in [5.74, 6) is 0.107. The predicted octanol–water partition coefficient (Wildman–Crippen LogP) is 4.32. The molecule has 0 radical (unpaired) electrons. The van der Waals surface area contributed by atoms with Crippen LogP contribution in [0.1, 0.15) is 40.7 Å². The van der Waals surface area contributed by atoms with E-state index in [1.165, 1.54) is 17.7 Å². The van der Waals surface area contributed by atoms with E-state index in [2.05, 4.69) is 17.4 Å². The highest BCUT2D eigenvalue weighted by Gasteiger charge is 2.43. The van der Waals surface area contributed by atoms with Gasteiger partial charge >= 0.3 is 0 Å². The number of phenols is 1. The average molecular weight is 443 g/mol. The molecule has 1 heterocycles. The molecular formula is C28H30N2O3. The first-order chi connectivity index (χ1) is 16.1. The zero-order valence-electron chi connectivity index (χ0n) is 18.7. The molecule has 2 amide bonds. The number of aromatic hydroxyl groups is 1. The zero-order chi connectivity index (χ0) is 23.1. The molecule has 5 nitrogen and oxygen atoms in total. The summed E-state index contributed by atoms with van der Waals surface area (Å²) in [5.41, 5.74) is 2.18. The molecule has 1 saturated heterocycles. The number of carbonyl (C=O) groups excluding carboxylic acids is 2. The molecule has 4 rings (SSSR count). The highest BCUT2D eigenvalue weighted by Crippen LogP contribution is 2.36. The smallest absolute Gasteiger partial charge is 0.253 e. The molecule has 1 fully saturated rings. The molecule has 0 unspecified atom stereocenters. The van der Waals surface area contributed by atoms with Gasteiger partial charge in [0.15, 0.2) is 0 Å². The van der Waals surface area contributed by atoms with Crippen molar-refractivity contribution in [1.82, 2.24) is 10.2 Å². The van der Waals surface area contributed by atoms with Crippen LogP contribution >= 0.6 is 0 Å². The van der Waals surface area contributed by atoms with Crippen LogP contribution in [0.3, 0.4) is 0 Å². The summed E-state index contributed by atoms with van der Waals surface area (Å²) in [6.07, 6.45) is 2.96. The first kappa shape index (κ1) is 22.6. The Hall–Kier alpha value is -3.60. The van der Waals surface area contributed by atoms with Crippen LogP contribution in [-0.2, 0) is 16.6 Å². The standard InChI is InChI=1S/C28H30N2O3/c31-25-15-13-23(14-16-25)26(32)30-20-17-28(18-21-30,24-11-5-2-6-12-24)27(33)29-19-7-10-22-8-3-1-4-9-22/h1-6,8-9,11-16,31H,7,10,17-21H2,(H,29,33). The lowest BCUT2D eigenvalue weighted by molar-refractivity contribution is -0.128. The Morgan fingerprint density at radius 1 is 0.848 bits per heavy atom. The second-order valence-electron chi connectivity index (χ2n) is 8.63. The maximum absolute atomic E-state index is 13.5. The van der Waals surface area contributed by atoms with Crippen LogP contribution in [0.15, 0.2) is 84.9 Å². The van der Waals surface area contributed by atoms with Gasteiger partial charge in [-0.3, -0.25) is 9.59 Å². The summed E-state index contributed by atoms with van der Waals surface area (Å²) in [7, 11) is 0. The minimum atomic E-state index is -0.639.